The van der Waals surface area contributed by atoms with E-state index < -0.39 is 71.6 Å². The van der Waals surface area contributed by atoms with Crippen molar-refractivity contribution in [3.63, 3.8) is 0 Å². The average Bonchev–Trinajstić information content (AvgIpc) is 3.54. The number of ether oxygens (including phenoxy) is 8. The van der Waals surface area contributed by atoms with Crippen LogP contribution in [-0.2, 0) is 106 Å². The van der Waals surface area contributed by atoms with Crippen LogP contribution in [0.25, 0.3) is 24.3 Å². The number of benzene rings is 6. The number of carbonyl (C=O) groups is 12. The molecule has 0 unspecified atom stereocenters. The number of carboxylic acids is 4. The number of aliphatic carboxylic acids is 4. The van der Waals surface area contributed by atoms with E-state index in [0.29, 0.717) is 55.6 Å². The molecule has 0 aromatic heterocycles. The number of esters is 8. The maximum atomic E-state index is 12.3. The summed E-state index contributed by atoms with van der Waals surface area (Å²) in [5, 5.41) is 36.3. The second kappa shape index (κ2) is 34.2. The van der Waals surface area contributed by atoms with Crippen molar-refractivity contribution in [3.8, 4) is 34.5 Å². The molecule has 0 saturated carbocycles. The zero-order valence-corrected chi connectivity index (χ0v) is 48.4. The molecule has 6 rings (SSSR count). The van der Waals surface area contributed by atoms with Crippen LogP contribution in [0.15, 0.2) is 146 Å². The first-order chi connectivity index (χ1) is 42.7. The third-order valence-electron chi connectivity index (χ3n) is 11.5. The van der Waals surface area contributed by atoms with E-state index in [1.807, 2.05) is 0 Å². The van der Waals surface area contributed by atoms with E-state index in [1.165, 1.54) is 125 Å². The molecule has 0 amide bonds. The Labute approximate surface area is 512 Å². The first-order valence-corrected chi connectivity index (χ1v) is 26.6. The second-order valence-corrected chi connectivity index (χ2v) is 18.8. The Kier molecular flexibility index (Phi) is 26.1. The molecule has 464 valence electrons. The van der Waals surface area contributed by atoms with Crippen LogP contribution >= 0.6 is 0 Å². The summed E-state index contributed by atoms with van der Waals surface area (Å²) in [6, 6.07) is 30.4. The van der Waals surface area contributed by atoms with Gasteiger partial charge in [0.2, 0.25) is 0 Å². The Balaban J connectivity index is 0.000000327. The highest BCUT2D eigenvalue weighted by Crippen LogP contribution is 2.31. The highest BCUT2D eigenvalue weighted by molar-refractivity contribution is 5.91. The molecule has 0 radical (unpaired) electrons. The van der Waals surface area contributed by atoms with Crippen LogP contribution in [0.1, 0.15) is 83.3 Å². The van der Waals surface area contributed by atoms with Crippen LogP contribution in [0.4, 0.5) is 0 Å². The van der Waals surface area contributed by atoms with E-state index in [-0.39, 0.29) is 73.4 Å². The summed E-state index contributed by atoms with van der Waals surface area (Å²) in [6.45, 7) is 4.65. The molecule has 90 heavy (non-hydrogen) atoms. The summed E-state index contributed by atoms with van der Waals surface area (Å²) < 4.78 is 41.1. The van der Waals surface area contributed by atoms with Gasteiger partial charge in [0.05, 0.1) is 25.7 Å². The highest BCUT2D eigenvalue weighted by Gasteiger charge is 2.16. The van der Waals surface area contributed by atoms with Crippen molar-refractivity contribution in [1.29, 1.82) is 0 Å². The maximum absolute atomic E-state index is 12.3. The molecule has 24 heteroatoms. The van der Waals surface area contributed by atoms with Crippen LogP contribution in [0, 0.1) is 0 Å². The van der Waals surface area contributed by atoms with Gasteiger partial charge >= 0.3 is 71.6 Å². The van der Waals surface area contributed by atoms with Crippen LogP contribution in [0.5, 0.6) is 34.5 Å². The predicted molar refractivity (Wildman–Crippen MR) is 316 cm³/mol. The monoisotopic (exact) mass is 1230 g/mol. The topological polar surface area (TPSA) is 360 Å². The van der Waals surface area contributed by atoms with Crippen LogP contribution in [-0.4, -0.2) is 92.1 Å². The Morgan fingerprint density at radius 1 is 0.311 bits per heavy atom. The van der Waals surface area contributed by atoms with Crippen LogP contribution in [0.3, 0.4) is 0 Å². The van der Waals surface area contributed by atoms with Crippen molar-refractivity contribution < 1.29 is 116 Å². The van der Waals surface area contributed by atoms with Gasteiger partial charge in [0.1, 0.15) is 24.7 Å². The predicted octanol–water partition coefficient (Wildman–Crippen LogP) is 8.33. The Hall–Kier alpha value is -12.1. The van der Waals surface area contributed by atoms with Crippen molar-refractivity contribution in [3.05, 3.63) is 201 Å². The van der Waals surface area contributed by atoms with E-state index >= 15 is 0 Å². The van der Waals surface area contributed by atoms with Crippen molar-refractivity contribution >= 4 is 95.9 Å². The summed E-state index contributed by atoms with van der Waals surface area (Å²) in [5.41, 5.74) is 4.58. The zero-order valence-electron chi connectivity index (χ0n) is 48.4. The molecule has 0 fully saturated rings. The molecule has 0 aliphatic heterocycles. The van der Waals surface area contributed by atoms with Gasteiger partial charge in [-0.15, -0.1) is 0 Å². The minimum atomic E-state index is -1.11. The lowest BCUT2D eigenvalue weighted by atomic mass is 9.99. The van der Waals surface area contributed by atoms with Gasteiger partial charge in [-0.05, 0) is 128 Å². The first-order valence-electron chi connectivity index (χ1n) is 26.6. The molecule has 0 spiro atoms. The van der Waals surface area contributed by atoms with E-state index in [0.717, 1.165) is 24.3 Å². The molecule has 0 bridgehead atoms. The summed E-state index contributed by atoms with van der Waals surface area (Å²) in [7, 11) is 0. The number of hydrogen-bond acceptors (Lipinski definition) is 20. The standard InChI is InChI=1S/2C33H28O12/c2*1-20(34)43-28-12-6-23(16-29(28)44-21(2)35)8-14-33(41)45-27-10-4-24(5-11-27)19-42-32(40)13-7-22-3-9-25(17-30(36)37)26(15-22)18-31(38)39/h2*3-16H,17-19H2,1-2H3,(H,36,37)(H,38,39)/b2*13-7+,14-8+. The molecule has 0 aliphatic rings. The van der Waals surface area contributed by atoms with Crippen molar-refractivity contribution in [2.45, 2.75) is 66.6 Å². The van der Waals surface area contributed by atoms with Gasteiger partial charge < -0.3 is 58.3 Å². The Morgan fingerprint density at radius 2 is 0.589 bits per heavy atom. The van der Waals surface area contributed by atoms with Gasteiger partial charge in [-0.3, -0.25) is 38.4 Å². The van der Waals surface area contributed by atoms with Crippen LogP contribution in [0.2, 0.25) is 0 Å². The molecule has 0 atom stereocenters. The van der Waals surface area contributed by atoms with Gasteiger partial charge in [0.25, 0.3) is 0 Å². The second-order valence-electron chi connectivity index (χ2n) is 18.8. The average molecular weight is 1230 g/mol. The molecule has 0 heterocycles. The van der Waals surface area contributed by atoms with Gasteiger partial charge in [0.15, 0.2) is 23.0 Å². The maximum Gasteiger partial charge on any atom is 0.336 e. The van der Waals surface area contributed by atoms with Gasteiger partial charge in [-0.2, -0.15) is 0 Å². The SMILES string of the molecule is CC(=O)Oc1ccc(/C=C/C(=O)Oc2ccc(COC(=O)/C=C/c3ccc(CC(=O)O)c(CC(=O)O)c3)cc2)cc1OC(C)=O.CC(=O)Oc1ccc(/C=C/C(=O)Oc2ccc(COC(=O)/C=C/c3ccc(CC(=O)O)c(CC(=O)O)c3)cc2)cc1OC(C)=O. The van der Waals surface area contributed by atoms with E-state index in [1.54, 1.807) is 48.5 Å². The number of carboxylic acid groups (broad SMARTS) is 4. The minimum absolute atomic E-state index is 0.0107. The summed E-state index contributed by atoms with van der Waals surface area (Å²) >= 11 is 0. The molecule has 24 nitrogen and oxygen atoms in total. The zero-order chi connectivity index (χ0) is 65.9. The fourth-order valence-corrected chi connectivity index (χ4v) is 7.70. The fourth-order valence-electron chi connectivity index (χ4n) is 7.70. The Morgan fingerprint density at radius 3 is 0.900 bits per heavy atom. The van der Waals surface area contributed by atoms with Crippen molar-refractivity contribution in [2.75, 3.05) is 0 Å². The molecule has 6 aromatic rings. The lowest BCUT2D eigenvalue weighted by molar-refractivity contribution is -0.139. The third kappa shape index (κ3) is 25.2. The number of rotatable bonds is 26. The molecule has 4 N–H and O–H groups in total. The first kappa shape index (κ1) is 68.7. The molecular weight excluding hydrogens is 1180 g/mol. The fraction of sp³-hybridized carbons (Fsp3) is 0.152. The van der Waals surface area contributed by atoms with Crippen molar-refractivity contribution in [1.82, 2.24) is 0 Å². The van der Waals surface area contributed by atoms with Gasteiger partial charge in [0, 0.05) is 52.0 Å². The smallest absolute Gasteiger partial charge is 0.336 e. The Bertz CT molecular complexity index is 3580. The number of hydrogen-bond donors (Lipinski definition) is 4. The van der Waals surface area contributed by atoms with E-state index in [4.69, 9.17) is 58.3 Å². The van der Waals surface area contributed by atoms with Gasteiger partial charge in [-0.1, -0.05) is 72.8 Å². The normalized spacial score (nSPS) is 10.8. The summed E-state index contributed by atoms with van der Waals surface area (Å²) in [4.78, 5) is 139. The lowest BCUT2D eigenvalue weighted by Crippen LogP contribution is -2.08. The summed E-state index contributed by atoms with van der Waals surface area (Å²) in [6.07, 6.45) is 8.99. The van der Waals surface area contributed by atoms with E-state index in [9.17, 15) is 57.5 Å². The van der Waals surface area contributed by atoms with Gasteiger partial charge in [-0.25, -0.2) is 19.2 Å². The molecule has 0 saturated heterocycles. The molecular formula is C66H56O24. The van der Waals surface area contributed by atoms with Crippen LogP contribution < -0.4 is 28.4 Å². The summed E-state index contributed by atoms with van der Waals surface area (Å²) in [5.74, 6) is -8.95. The highest BCUT2D eigenvalue weighted by atomic mass is 16.6. The van der Waals surface area contributed by atoms with E-state index in [2.05, 4.69) is 0 Å². The quantitative estimate of drug-likeness (QED) is 0.0225. The largest absolute Gasteiger partial charge is 0.481 e. The lowest BCUT2D eigenvalue weighted by Gasteiger charge is -2.09. The third-order valence-corrected chi connectivity index (χ3v) is 11.5. The van der Waals surface area contributed by atoms with Crippen molar-refractivity contribution in [2.24, 2.45) is 0 Å². The molecule has 0 aliphatic carbocycles. The number of carbonyl (C=O) groups excluding carboxylic acids is 8. The minimum Gasteiger partial charge on any atom is -0.481 e. The molecule has 6 aromatic carbocycles.